The zero-order valence-electron chi connectivity index (χ0n) is 7.84. The van der Waals surface area contributed by atoms with Crippen LogP contribution in [0.5, 0.6) is 0 Å². The first-order chi connectivity index (χ1) is 7.20. The number of benzene rings is 1. The molecule has 76 valence electrons. The van der Waals surface area contributed by atoms with E-state index in [1.54, 1.807) is 11.3 Å². The van der Waals surface area contributed by atoms with Crippen LogP contribution in [0.15, 0.2) is 45.2 Å². The Balaban J connectivity index is 2.41. The fourth-order valence-electron chi connectivity index (χ4n) is 1.27. The molecule has 0 bridgehead atoms. The third-order valence-electron chi connectivity index (χ3n) is 2.08. The molecule has 0 N–H and O–H groups in total. The largest absolute Gasteiger partial charge is 0.127 e. The molecule has 1 aromatic heterocycles. The minimum Gasteiger partial charge on any atom is -0.127 e. The molecule has 0 aliphatic heterocycles. The SMILES string of the molecule is C=Cc1ccc(-c2cc(Br)c(Br)s2)cc1. The normalized spacial score (nSPS) is 10.3. The van der Waals surface area contributed by atoms with Crippen molar-refractivity contribution in [3.05, 3.63) is 50.7 Å². The zero-order valence-corrected chi connectivity index (χ0v) is 11.8. The van der Waals surface area contributed by atoms with Crippen molar-refractivity contribution < 1.29 is 0 Å². The lowest BCUT2D eigenvalue weighted by Gasteiger charge is -1.97. The third-order valence-corrected chi connectivity index (χ3v) is 5.38. The van der Waals surface area contributed by atoms with E-state index < -0.39 is 0 Å². The lowest BCUT2D eigenvalue weighted by molar-refractivity contribution is 1.65. The Bertz CT molecular complexity index is 463. The van der Waals surface area contributed by atoms with Crippen molar-refractivity contribution >= 4 is 49.3 Å². The van der Waals surface area contributed by atoms with Gasteiger partial charge in [0.15, 0.2) is 0 Å². The molecule has 2 aromatic rings. The molecule has 0 saturated carbocycles. The third kappa shape index (κ3) is 2.41. The quantitative estimate of drug-likeness (QED) is 0.667. The Kier molecular flexibility index (Phi) is 3.44. The molecule has 0 aliphatic rings. The maximum absolute atomic E-state index is 3.74. The number of thiophene rings is 1. The zero-order chi connectivity index (χ0) is 10.8. The average molecular weight is 344 g/mol. The standard InChI is InChI=1S/C12H8Br2S/c1-2-8-3-5-9(6-4-8)11-7-10(13)12(14)15-11/h2-7H,1H2. The van der Waals surface area contributed by atoms with Crippen molar-refractivity contribution in [1.29, 1.82) is 0 Å². The second-order valence-electron chi connectivity index (χ2n) is 3.06. The maximum Gasteiger partial charge on any atom is 0.0846 e. The van der Waals surface area contributed by atoms with Gasteiger partial charge >= 0.3 is 0 Å². The molecule has 1 aromatic carbocycles. The Morgan fingerprint density at radius 2 is 1.80 bits per heavy atom. The second kappa shape index (κ2) is 4.64. The Morgan fingerprint density at radius 3 is 2.27 bits per heavy atom. The van der Waals surface area contributed by atoms with Gasteiger partial charge in [0, 0.05) is 9.35 Å². The van der Waals surface area contributed by atoms with Crippen molar-refractivity contribution in [2.24, 2.45) is 0 Å². The van der Waals surface area contributed by atoms with Gasteiger partial charge < -0.3 is 0 Å². The number of rotatable bonds is 2. The van der Waals surface area contributed by atoms with Crippen molar-refractivity contribution in [3.8, 4) is 10.4 Å². The van der Waals surface area contributed by atoms with Crippen LogP contribution in [0.3, 0.4) is 0 Å². The van der Waals surface area contributed by atoms with Crippen molar-refractivity contribution in [1.82, 2.24) is 0 Å². The Hall–Kier alpha value is -0.380. The van der Waals surface area contributed by atoms with E-state index in [9.17, 15) is 0 Å². The summed E-state index contributed by atoms with van der Waals surface area (Å²) in [5.74, 6) is 0. The van der Waals surface area contributed by atoms with Crippen molar-refractivity contribution in [3.63, 3.8) is 0 Å². The molecular weight excluding hydrogens is 336 g/mol. The molecule has 0 atom stereocenters. The van der Waals surface area contributed by atoms with Crippen LogP contribution in [0.2, 0.25) is 0 Å². The summed E-state index contributed by atoms with van der Waals surface area (Å²) in [5.41, 5.74) is 2.38. The molecule has 1 heterocycles. The molecule has 15 heavy (non-hydrogen) atoms. The van der Waals surface area contributed by atoms with Crippen LogP contribution in [-0.2, 0) is 0 Å². The highest BCUT2D eigenvalue weighted by Crippen LogP contribution is 2.38. The summed E-state index contributed by atoms with van der Waals surface area (Å²) in [7, 11) is 0. The summed E-state index contributed by atoms with van der Waals surface area (Å²) in [6.07, 6.45) is 1.85. The van der Waals surface area contributed by atoms with Gasteiger partial charge in [0.1, 0.15) is 0 Å². The fraction of sp³-hybridized carbons (Fsp3) is 0. The van der Waals surface area contributed by atoms with Gasteiger partial charge in [0.25, 0.3) is 0 Å². The van der Waals surface area contributed by atoms with E-state index in [-0.39, 0.29) is 0 Å². The Morgan fingerprint density at radius 1 is 1.13 bits per heavy atom. The van der Waals surface area contributed by atoms with E-state index in [0.717, 1.165) is 13.8 Å². The maximum atomic E-state index is 3.74. The van der Waals surface area contributed by atoms with E-state index in [2.05, 4.69) is 68.8 Å². The summed E-state index contributed by atoms with van der Waals surface area (Å²) < 4.78 is 2.24. The van der Waals surface area contributed by atoms with Gasteiger partial charge in [0.05, 0.1) is 3.79 Å². The fourth-order valence-corrected chi connectivity index (χ4v) is 3.31. The monoisotopic (exact) mass is 342 g/mol. The molecule has 0 unspecified atom stereocenters. The molecule has 0 aliphatic carbocycles. The molecule has 0 nitrogen and oxygen atoms in total. The molecule has 3 heteroatoms. The minimum atomic E-state index is 1.11. The van der Waals surface area contributed by atoms with Gasteiger partial charge in [-0.25, -0.2) is 0 Å². The van der Waals surface area contributed by atoms with Gasteiger partial charge in [-0.2, -0.15) is 0 Å². The molecule has 0 radical (unpaired) electrons. The number of halogens is 2. The molecular formula is C12H8Br2S. The minimum absolute atomic E-state index is 1.11. The van der Waals surface area contributed by atoms with Crippen LogP contribution in [0, 0.1) is 0 Å². The topological polar surface area (TPSA) is 0 Å². The average Bonchev–Trinajstić information content (AvgIpc) is 2.59. The highest BCUT2D eigenvalue weighted by atomic mass is 79.9. The van der Waals surface area contributed by atoms with Crippen LogP contribution >= 0.6 is 43.2 Å². The van der Waals surface area contributed by atoms with Gasteiger partial charge in [-0.1, -0.05) is 36.9 Å². The van der Waals surface area contributed by atoms with Crippen LogP contribution in [-0.4, -0.2) is 0 Å². The van der Waals surface area contributed by atoms with Crippen LogP contribution in [0.25, 0.3) is 16.5 Å². The molecule has 0 saturated heterocycles. The van der Waals surface area contributed by atoms with E-state index >= 15 is 0 Å². The Labute approximate surface area is 110 Å². The van der Waals surface area contributed by atoms with E-state index in [1.165, 1.54) is 10.4 Å². The van der Waals surface area contributed by atoms with Crippen LogP contribution < -0.4 is 0 Å². The van der Waals surface area contributed by atoms with Gasteiger partial charge in [0.2, 0.25) is 0 Å². The summed E-state index contributed by atoms with van der Waals surface area (Å²) in [6.45, 7) is 3.74. The predicted molar refractivity (Wildman–Crippen MR) is 75.2 cm³/mol. The molecule has 2 rings (SSSR count). The van der Waals surface area contributed by atoms with Gasteiger partial charge in [-0.3, -0.25) is 0 Å². The molecule has 0 amide bonds. The lowest BCUT2D eigenvalue weighted by Crippen LogP contribution is -1.73. The molecule has 0 fully saturated rings. The summed E-state index contributed by atoms with van der Waals surface area (Å²) in [6, 6.07) is 10.5. The highest BCUT2D eigenvalue weighted by Gasteiger charge is 2.05. The smallest absolute Gasteiger partial charge is 0.0846 e. The number of hydrogen-bond donors (Lipinski definition) is 0. The van der Waals surface area contributed by atoms with Crippen molar-refractivity contribution in [2.75, 3.05) is 0 Å². The number of hydrogen-bond acceptors (Lipinski definition) is 1. The van der Waals surface area contributed by atoms with E-state index in [0.29, 0.717) is 0 Å². The van der Waals surface area contributed by atoms with E-state index in [4.69, 9.17) is 0 Å². The van der Waals surface area contributed by atoms with Crippen LogP contribution in [0.1, 0.15) is 5.56 Å². The summed E-state index contributed by atoms with van der Waals surface area (Å²) in [5, 5.41) is 0. The lowest BCUT2D eigenvalue weighted by atomic mass is 10.1. The first-order valence-electron chi connectivity index (χ1n) is 4.38. The first kappa shape index (κ1) is 11.1. The summed E-state index contributed by atoms with van der Waals surface area (Å²) in [4.78, 5) is 1.25. The van der Waals surface area contributed by atoms with Crippen molar-refractivity contribution in [2.45, 2.75) is 0 Å². The van der Waals surface area contributed by atoms with Crippen LogP contribution in [0.4, 0.5) is 0 Å². The predicted octanol–water partition coefficient (Wildman–Crippen LogP) is 5.58. The first-order valence-corrected chi connectivity index (χ1v) is 6.78. The molecule has 0 spiro atoms. The van der Waals surface area contributed by atoms with Gasteiger partial charge in [-0.05, 0) is 49.1 Å². The highest BCUT2D eigenvalue weighted by molar-refractivity contribution is 9.13. The summed E-state index contributed by atoms with van der Waals surface area (Å²) >= 11 is 8.71. The second-order valence-corrected chi connectivity index (χ2v) is 6.28. The van der Waals surface area contributed by atoms with E-state index in [1.807, 2.05) is 6.08 Å². The van der Waals surface area contributed by atoms with Gasteiger partial charge in [-0.15, -0.1) is 11.3 Å².